The molecule has 1 amide bonds. The first-order valence-electron chi connectivity index (χ1n) is 10.1. The van der Waals surface area contributed by atoms with Gasteiger partial charge in [-0.2, -0.15) is 0 Å². The van der Waals surface area contributed by atoms with Crippen molar-refractivity contribution >= 4 is 22.8 Å². The van der Waals surface area contributed by atoms with E-state index in [0.717, 1.165) is 16.3 Å². The van der Waals surface area contributed by atoms with Crippen LogP contribution in [0.2, 0.25) is 0 Å². The molecule has 0 aromatic heterocycles. The molecule has 2 aromatic rings. The predicted octanol–water partition coefficient (Wildman–Crippen LogP) is 4.30. The van der Waals surface area contributed by atoms with Crippen LogP contribution in [0.1, 0.15) is 52.0 Å². The molecule has 0 radical (unpaired) electrons. The number of nitrogens with two attached hydrogens (primary N) is 1. The van der Waals surface area contributed by atoms with E-state index in [1.807, 2.05) is 63.2 Å². The molecular weight excluding hydrogens is 368 g/mol. The summed E-state index contributed by atoms with van der Waals surface area (Å²) in [6, 6.07) is 14.0. The van der Waals surface area contributed by atoms with Gasteiger partial charge in [0.1, 0.15) is 11.1 Å². The molecule has 6 heteroatoms. The van der Waals surface area contributed by atoms with Crippen molar-refractivity contribution in [3.63, 3.8) is 0 Å². The zero-order chi connectivity index (χ0) is 21.2. The predicted molar refractivity (Wildman–Crippen MR) is 113 cm³/mol. The molecule has 1 saturated carbocycles. The highest BCUT2D eigenvalue weighted by Crippen LogP contribution is 2.32. The summed E-state index contributed by atoms with van der Waals surface area (Å²) < 4.78 is 5.68. The summed E-state index contributed by atoms with van der Waals surface area (Å²) in [4.78, 5) is 26.3. The summed E-state index contributed by atoms with van der Waals surface area (Å²) in [6.45, 7) is 5.94. The molecule has 0 saturated heterocycles. The van der Waals surface area contributed by atoms with Crippen LogP contribution in [0.15, 0.2) is 42.5 Å². The number of carbonyl (C=O) groups excluding carboxylic acids is 1. The van der Waals surface area contributed by atoms with Gasteiger partial charge in [0.2, 0.25) is 0 Å². The maximum atomic E-state index is 13.0. The fourth-order valence-electron chi connectivity index (χ4n) is 3.92. The molecule has 0 unspecified atom stereocenters. The van der Waals surface area contributed by atoms with Gasteiger partial charge in [0, 0.05) is 12.6 Å². The highest BCUT2D eigenvalue weighted by Gasteiger charge is 2.41. The van der Waals surface area contributed by atoms with Crippen LogP contribution in [0.3, 0.4) is 0 Å². The normalized spacial score (nSPS) is 22.3. The summed E-state index contributed by atoms with van der Waals surface area (Å²) in [7, 11) is 0. The third-order valence-electron chi connectivity index (χ3n) is 5.56. The Bertz CT molecular complexity index is 890. The molecule has 0 aliphatic heterocycles. The lowest BCUT2D eigenvalue weighted by Crippen LogP contribution is -2.54. The van der Waals surface area contributed by atoms with Gasteiger partial charge in [0.25, 0.3) is 0 Å². The molecule has 3 N–H and O–H groups in total. The lowest BCUT2D eigenvalue weighted by Gasteiger charge is -2.40. The Morgan fingerprint density at radius 3 is 2.38 bits per heavy atom. The molecule has 1 aliphatic rings. The second kappa shape index (κ2) is 8.03. The van der Waals surface area contributed by atoms with Gasteiger partial charge < -0.3 is 20.5 Å². The van der Waals surface area contributed by atoms with E-state index in [1.54, 1.807) is 4.90 Å². The van der Waals surface area contributed by atoms with E-state index < -0.39 is 17.1 Å². The Morgan fingerprint density at radius 2 is 1.76 bits per heavy atom. The molecule has 156 valence electrons. The van der Waals surface area contributed by atoms with Crippen molar-refractivity contribution in [2.24, 2.45) is 5.73 Å². The minimum absolute atomic E-state index is 0.111. The van der Waals surface area contributed by atoms with Crippen LogP contribution < -0.4 is 5.73 Å². The smallest absolute Gasteiger partial charge is 0.410 e. The van der Waals surface area contributed by atoms with Crippen molar-refractivity contribution in [1.29, 1.82) is 0 Å². The van der Waals surface area contributed by atoms with Crippen LogP contribution in [0.25, 0.3) is 10.8 Å². The zero-order valence-electron chi connectivity index (χ0n) is 17.4. The first kappa shape index (κ1) is 21.1. The lowest BCUT2D eigenvalue weighted by atomic mass is 9.79. The van der Waals surface area contributed by atoms with E-state index in [0.29, 0.717) is 32.2 Å². The average molecular weight is 399 g/mol. The molecule has 0 heterocycles. The fraction of sp³-hybridized carbons (Fsp3) is 0.478. The molecule has 0 spiro atoms. The summed E-state index contributed by atoms with van der Waals surface area (Å²) in [5.41, 5.74) is 5.25. The Balaban J connectivity index is 1.88. The summed E-state index contributed by atoms with van der Waals surface area (Å²) in [6.07, 6.45) is 1.36. The summed E-state index contributed by atoms with van der Waals surface area (Å²) in [5, 5.41) is 11.6. The quantitative estimate of drug-likeness (QED) is 0.801. The second-order valence-electron chi connectivity index (χ2n) is 8.94. The Kier molecular flexibility index (Phi) is 5.85. The number of hydrogen-bond acceptors (Lipinski definition) is 4. The van der Waals surface area contributed by atoms with Crippen molar-refractivity contribution in [2.75, 3.05) is 0 Å². The SMILES string of the molecule is CC(C)(C)OC(=O)N(Cc1cccc2ccccc12)C1CCC(N)(C(=O)O)CC1. The van der Waals surface area contributed by atoms with Gasteiger partial charge in [-0.1, -0.05) is 42.5 Å². The van der Waals surface area contributed by atoms with Crippen molar-refractivity contribution in [1.82, 2.24) is 4.90 Å². The average Bonchev–Trinajstić information content (AvgIpc) is 2.65. The Hall–Kier alpha value is -2.60. The number of hydrogen-bond donors (Lipinski definition) is 2. The number of rotatable bonds is 4. The second-order valence-corrected chi connectivity index (χ2v) is 8.94. The number of carbonyl (C=O) groups is 2. The van der Waals surface area contributed by atoms with Gasteiger partial charge in [-0.25, -0.2) is 4.79 Å². The van der Waals surface area contributed by atoms with Gasteiger partial charge in [-0.05, 0) is 62.8 Å². The zero-order valence-corrected chi connectivity index (χ0v) is 17.4. The van der Waals surface area contributed by atoms with E-state index in [9.17, 15) is 14.7 Å². The van der Waals surface area contributed by atoms with Crippen LogP contribution in [0.5, 0.6) is 0 Å². The number of aliphatic carboxylic acids is 1. The molecule has 3 rings (SSSR count). The van der Waals surface area contributed by atoms with Crippen LogP contribution >= 0.6 is 0 Å². The number of fused-ring (bicyclic) bond motifs is 1. The molecular formula is C23H30N2O4. The molecule has 1 fully saturated rings. The lowest BCUT2D eigenvalue weighted by molar-refractivity contribution is -0.145. The Morgan fingerprint density at radius 1 is 1.14 bits per heavy atom. The van der Waals surface area contributed by atoms with E-state index >= 15 is 0 Å². The molecule has 29 heavy (non-hydrogen) atoms. The fourth-order valence-corrected chi connectivity index (χ4v) is 3.92. The van der Waals surface area contributed by atoms with Crippen LogP contribution in [0, 0.1) is 0 Å². The van der Waals surface area contributed by atoms with Crippen LogP contribution in [0.4, 0.5) is 4.79 Å². The number of benzene rings is 2. The van der Waals surface area contributed by atoms with Gasteiger partial charge in [-0.3, -0.25) is 4.79 Å². The van der Waals surface area contributed by atoms with Crippen molar-refractivity contribution in [2.45, 2.75) is 70.2 Å². The van der Waals surface area contributed by atoms with Crippen molar-refractivity contribution in [3.8, 4) is 0 Å². The van der Waals surface area contributed by atoms with Gasteiger partial charge in [0.05, 0.1) is 0 Å². The first-order valence-corrected chi connectivity index (χ1v) is 10.1. The van der Waals surface area contributed by atoms with Crippen LogP contribution in [-0.4, -0.2) is 39.3 Å². The Labute approximate surface area is 171 Å². The topological polar surface area (TPSA) is 92.9 Å². The summed E-state index contributed by atoms with van der Waals surface area (Å²) >= 11 is 0. The van der Waals surface area contributed by atoms with E-state index in [2.05, 4.69) is 0 Å². The summed E-state index contributed by atoms with van der Waals surface area (Å²) in [5.74, 6) is -0.978. The minimum atomic E-state index is -1.21. The van der Waals surface area contributed by atoms with Gasteiger partial charge in [0.15, 0.2) is 0 Å². The monoisotopic (exact) mass is 398 g/mol. The maximum Gasteiger partial charge on any atom is 0.410 e. The van der Waals surface area contributed by atoms with Crippen molar-refractivity contribution in [3.05, 3.63) is 48.0 Å². The molecule has 6 nitrogen and oxygen atoms in total. The number of ether oxygens (including phenoxy) is 1. The van der Waals surface area contributed by atoms with E-state index in [4.69, 9.17) is 10.5 Å². The third-order valence-corrected chi connectivity index (χ3v) is 5.56. The number of amides is 1. The third kappa shape index (κ3) is 4.88. The molecule has 1 aliphatic carbocycles. The highest BCUT2D eigenvalue weighted by molar-refractivity contribution is 5.86. The number of carboxylic acids is 1. The number of nitrogens with zero attached hydrogens (tertiary/aromatic N) is 1. The number of carboxylic acid groups (broad SMARTS) is 1. The molecule has 0 bridgehead atoms. The van der Waals surface area contributed by atoms with Gasteiger partial charge in [-0.15, -0.1) is 0 Å². The minimum Gasteiger partial charge on any atom is -0.480 e. The van der Waals surface area contributed by atoms with Gasteiger partial charge >= 0.3 is 12.1 Å². The standard InChI is InChI=1S/C23H30N2O4/c1-22(2,3)29-21(28)25(18-11-13-23(24,14-12-18)20(26)27)15-17-9-6-8-16-7-4-5-10-19(16)17/h4-10,18H,11-15,24H2,1-3H3,(H,26,27). The van der Waals surface area contributed by atoms with E-state index in [1.165, 1.54) is 0 Å². The highest BCUT2D eigenvalue weighted by atomic mass is 16.6. The van der Waals surface area contributed by atoms with E-state index in [-0.39, 0.29) is 12.1 Å². The molecule has 2 aromatic carbocycles. The van der Waals surface area contributed by atoms with Crippen LogP contribution in [-0.2, 0) is 16.1 Å². The van der Waals surface area contributed by atoms with Crippen molar-refractivity contribution < 1.29 is 19.4 Å². The largest absolute Gasteiger partial charge is 0.480 e. The first-order chi connectivity index (χ1) is 13.6. The molecule has 0 atom stereocenters. The maximum absolute atomic E-state index is 13.0.